The molecule has 24 heavy (non-hydrogen) atoms. The van der Waals surface area contributed by atoms with E-state index in [4.69, 9.17) is 0 Å². The lowest BCUT2D eigenvalue weighted by Gasteiger charge is -2.22. The fraction of sp³-hybridized carbons (Fsp3) is 0.294. The van der Waals surface area contributed by atoms with Crippen molar-refractivity contribution in [1.82, 2.24) is 4.98 Å². The molecule has 2 heterocycles. The molecule has 0 spiro atoms. The van der Waals surface area contributed by atoms with Crippen molar-refractivity contribution in [2.75, 3.05) is 29.9 Å². The smallest absolute Gasteiger partial charge is 0.287 e. The summed E-state index contributed by atoms with van der Waals surface area (Å²) in [5.41, 5.74) is 0.837. The van der Waals surface area contributed by atoms with Gasteiger partial charge in [0.15, 0.2) is 0 Å². The predicted octanol–water partition coefficient (Wildman–Crippen LogP) is 2.48. The van der Waals surface area contributed by atoms with Gasteiger partial charge in [-0.05, 0) is 24.6 Å². The number of carbonyl (C=O) groups excluding carboxylic acids is 1. The third kappa shape index (κ3) is 3.19. The van der Waals surface area contributed by atoms with Gasteiger partial charge in [0.25, 0.3) is 5.69 Å². The molecule has 124 valence electrons. The zero-order chi connectivity index (χ0) is 17.1. The monoisotopic (exact) mass is 326 g/mol. The molecule has 1 fully saturated rings. The Morgan fingerprint density at radius 3 is 2.67 bits per heavy atom. The summed E-state index contributed by atoms with van der Waals surface area (Å²) in [5.74, 6) is 0.635. The van der Waals surface area contributed by atoms with Crippen molar-refractivity contribution < 1.29 is 9.72 Å². The Bertz CT molecular complexity index is 733. The summed E-state index contributed by atoms with van der Waals surface area (Å²) >= 11 is 0. The highest BCUT2D eigenvalue weighted by Crippen LogP contribution is 2.26. The molecule has 1 aromatic heterocycles. The van der Waals surface area contributed by atoms with Gasteiger partial charge in [-0.3, -0.25) is 14.9 Å². The summed E-state index contributed by atoms with van der Waals surface area (Å²) in [6.45, 7) is 1.28. The van der Waals surface area contributed by atoms with Crippen LogP contribution in [0.5, 0.6) is 0 Å². The largest absolute Gasteiger partial charge is 0.356 e. The summed E-state index contributed by atoms with van der Waals surface area (Å²) in [6.07, 6.45) is 2.00. The van der Waals surface area contributed by atoms with E-state index in [1.807, 2.05) is 35.2 Å². The zero-order valence-corrected chi connectivity index (χ0v) is 13.3. The Morgan fingerprint density at radius 2 is 2.04 bits per heavy atom. The first kappa shape index (κ1) is 15.9. The fourth-order valence-corrected chi connectivity index (χ4v) is 2.90. The summed E-state index contributed by atoms with van der Waals surface area (Å²) in [4.78, 5) is 30.7. The second-order valence-electron chi connectivity index (χ2n) is 5.80. The van der Waals surface area contributed by atoms with Crippen LogP contribution >= 0.6 is 0 Å². The maximum absolute atomic E-state index is 12.7. The van der Waals surface area contributed by atoms with Crippen LogP contribution in [0.15, 0.2) is 48.7 Å². The first-order valence-electron chi connectivity index (χ1n) is 7.74. The molecule has 0 bridgehead atoms. The number of carbonyl (C=O) groups is 1. The average Bonchev–Trinajstić information content (AvgIpc) is 3.11. The van der Waals surface area contributed by atoms with E-state index in [1.54, 1.807) is 18.0 Å². The number of amides is 1. The van der Waals surface area contributed by atoms with Crippen molar-refractivity contribution in [3.63, 3.8) is 0 Å². The highest BCUT2D eigenvalue weighted by Gasteiger charge is 2.31. The Balaban J connectivity index is 1.66. The molecule has 2 aromatic rings. The van der Waals surface area contributed by atoms with Crippen LogP contribution in [0.3, 0.4) is 0 Å². The number of para-hydroxylation sites is 1. The van der Waals surface area contributed by atoms with Crippen LogP contribution in [-0.4, -0.2) is 36.0 Å². The van der Waals surface area contributed by atoms with E-state index in [0.717, 1.165) is 12.1 Å². The van der Waals surface area contributed by atoms with Gasteiger partial charge in [-0.2, -0.15) is 0 Å². The lowest BCUT2D eigenvalue weighted by molar-refractivity contribution is -0.385. The first-order valence-corrected chi connectivity index (χ1v) is 7.74. The average molecular weight is 326 g/mol. The lowest BCUT2D eigenvalue weighted by Crippen LogP contribution is -2.34. The van der Waals surface area contributed by atoms with Gasteiger partial charge < -0.3 is 9.80 Å². The van der Waals surface area contributed by atoms with Crippen molar-refractivity contribution >= 4 is 23.1 Å². The highest BCUT2D eigenvalue weighted by atomic mass is 16.6. The molecule has 1 aromatic carbocycles. The molecule has 7 nitrogen and oxygen atoms in total. The van der Waals surface area contributed by atoms with Gasteiger partial charge in [0.05, 0.1) is 10.8 Å². The third-order valence-electron chi connectivity index (χ3n) is 4.28. The number of anilines is 2. The molecular weight excluding hydrogens is 308 g/mol. The number of pyridine rings is 1. The van der Waals surface area contributed by atoms with E-state index in [9.17, 15) is 14.9 Å². The third-order valence-corrected chi connectivity index (χ3v) is 4.28. The Labute approximate surface area is 139 Å². The zero-order valence-electron chi connectivity index (χ0n) is 13.3. The van der Waals surface area contributed by atoms with Crippen molar-refractivity contribution in [2.24, 2.45) is 5.92 Å². The number of nitro groups is 1. The van der Waals surface area contributed by atoms with Crippen LogP contribution in [0.25, 0.3) is 0 Å². The normalized spacial score (nSPS) is 16.9. The molecule has 0 N–H and O–H groups in total. The molecule has 1 atom stereocenters. The minimum Gasteiger partial charge on any atom is -0.356 e. The standard InChI is InChI=1S/C17H18N4O3/c1-19(14-5-3-2-4-6-14)17(22)13-9-10-20(12-13)16-8-7-15(11-18-16)21(23)24/h2-8,11,13H,9-10,12H2,1H3/t13-/m0/s1. The Morgan fingerprint density at radius 1 is 1.29 bits per heavy atom. The summed E-state index contributed by atoms with van der Waals surface area (Å²) in [5, 5.41) is 10.7. The summed E-state index contributed by atoms with van der Waals surface area (Å²) in [6, 6.07) is 12.6. The molecule has 1 saturated heterocycles. The summed E-state index contributed by atoms with van der Waals surface area (Å²) < 4.78 is 0. The van der Waals surface area contributed by atoms with Crippen molar-refractivity contribution in [3.05, 3.63) is 58.8 Å². The van der Waals surface area contributed by atoms with E-state index >= 15 is 0 Å². The minimum absolute atomic E-state index is 0.0330. The summed E-state index contributed by atoms with van der Waals surface area (Å²) in [7, 11) is 1.78. The predicted molar refractivity (Wildman–Crippen MR) is 91.1 cm³/mol. The van der Waals surface area contributed by atoms with Crippen LogP contribution in [-0.2, 0) is 4.79 Å². The van der Waals surface area contributed by atoms with Gasteiger partial charge in [-0.25, -0.2) is 4.98 Å². The van der Waals surface area contributed by atoms with Crippen LogP contribution in [0.1, 0.15) is 6.42 Å². The van der Waals surface area contributed by atoms with E-state index in [0.29, 0.717) is 18.9 Å². The van der Waals surface area contributed by atoms with Crippen LogP contribution in [0.2, 0.25) is 0 Å². The van der Waals surface area contributed by atoms with E-state index in [1.165, 1.54) is 12.3 Å². The van der Waals surface area contributed by atoms with Crippen LogP contribution < -0.4 is 9.80 Å². The SMILES string of the molecule is CN(C(=O)[C@H]1CCN(c2ccc([N+](=O)[O-])cn2)C1)c1ccccc1. The van der Waals surface area contributed by atoms with Crippen molar-refractivity contribution in [3.8, 4) is 0 Å². The van der Waals surface area contributed by atoms with Gasteiger partial charge in [0.2, 0.25) is 5.91 Å². The number of hydrogen-bond acceptors (Lipinski definition) is 5. The maximum atomic E-state index is 12.7. The topological polar surface area (TPSA) is 79.6 Å². The van der Waals surface area contributed by atoms with Crippen LogP contribution in [0, 0.1) is 16.0 Å². The van der Waals surface area contributed by atoms with E-state index in [-0.39, 0.29) is 17.5 Å². The van der Waals surface area contributed by atoms with Crippen molar-refractivity contribution in [2.45, 2.75) is 6.42 Å². The van der Waals surface area contributed by atoms with E-state index in [2.05, 4.69) is 4.98 Å². The highest BCUT2D eigenvalue weighted by molar-refractivity contribution is 5.95. The molecule has 0 unspecified atom stereocenters. The van der Waals surface area contributed by atoms with Crippen molar-refractivity contribution in [1.29, 1.82) is 0 Å². The molecule has 1 aliphatic rings. The molecule has 0 aliphatic carbocycles. The second kappa shape index (κ2) is 6.66. The number of aromatic nitrogens is 1. The molecule has 7 heteroatoms. The molecule has 3 rings (SSSR count). The quantitative estimate of drug-likeness (QED) is 0.637. The molecule has 0 radical (unpaired) electrons. The first-order chi connectivity index (χ1) is 11.6. The number of benzene rings is 1. The Kier molecular flexibility index (Phi) is 4.41. The van der Waals surface area contributed by atoms with Gasteiger partial charge in [0.1, 0.15) is 12.0 Å². The van der Waals surface area contributed by atoms with Gasteiger partial charge in [0, 0.05) is 31.9 Å². The number of rotatable bonds is 4. The molecule has 1 amide bonds. The fourth-order valence-electron chi connectivity index (χ4n) is 2.90. The molecule has 0 saturated carbocycles. The number of hydrogen-bond donors (Lipinski definition) is 0. The molecule has 1 aliphatic heterocycles. The lowest BCUT2D eigenvalue weighted by atomic mass is 10.1. The minimum atomic E-state index is -0.470. The second-order valence-corrected chi connectivity index (χ2v) is 5.80. The van der Waals surface area contributed by atoms with E-state index < -0.39 is 4.92 Å². The van der Waals surface area contributed by atoms with Gasteiger partial charge >= 0.3 is 0 Å². The maximum Gasteiger partial charge on any atom is 0.287 e. The number of nitrogens with zero attached hydrogens (tertiary/aromatic N) is 4. The van der Waals surface area contributed by atoms with Gasteiger partial charge in [-0.15, -0.1) is 0 Å². The Hall–Kier alpha value is -2.96. The van der Waals surface area contributed by atoms with Gasteiger partial charge in [-0.1, -0.05) is 18.2 Å². The van der Waals surface area contributed by atoms with Crippen LogP contribution in [0.4, 0.5) is 17.2 Å². The molecular formula is C17H18N4O3.